The third-order valence-corrected chi connectivity index (χ3v) is 5.24. The van der Waals surface area contributed by atoms with E-state index in [4.69, 9.17) is 0 Å². The number of hydrogen-bond acceptors (Lipinski definition) is 2. The highest BCUT2D eigenvalue weighted by atomic mass is 16.2. The molecule has 23 heavy (non-hydrogen) atoms. The third kappa shape index (κ3) is 3.77. The first kappa shape index (κ1) is 16.1. The quantitative estimate of drug-likeness (QED) is 0.786. The van der Waals surface area contributed by atoms with Gasteiger partial charge in [0, 0.05) is 32.5 Å². The van der Waals surface area contributed by atoms with Crippen LogP contribution in [0.5, 0.6) is 0 Å². The Morgan fingerprint density at radius 1 is 1.43 bits per heavy atom. The summed E-state index contributed by atoms with van der Waals surface area (Å²) in [6, 6.07) is 0.0357. The lowest BCUT2D eigenvalue weighted by Crippen LogP contribution is -2.41. The van der Waals surface area contributed by atoms with E-state index >= 15 is 0 Å². The van der Waals surface area contributed by atoms with E-state index in [0.717, 1.165) is 49.5 Å². The van der Waals surface area contributed by atoms with Gasteiger partial charge in [-0.2, -0.15) is 0 Å². The summed E-state index contributed by atoms with van der Waals surface area (Å²) in [5.74, 6) is 3.25. The van der Waals surface area contributed by atoms with Crippen LogP contribution in [0.3, 0.4) is 0 Å². The molecule has 2 bridgehead atoms. The number of urea groups is 1. The number of imidazole rings is 1. The number of aromatic nitrogens is 2. The number of rotatable bonds is 7. The summed E-state index contributed by atoms with van der Waals surface area (Å²) in [5.41, 5.74) is 0. The van der Waals surface area contributed by atoms with Crippen LogP contribution < -0.4 is 5.32 Å². The average Bonchev–Trinajstić information content (AvgIpc) is 3.24. The van der Waals surface area contributed by atoms with Gasteiger partial charge in [-0.3, -0.25) is 0 Å². The molecule has 0 unspecified atom stereocenters. The van der Waals surface area contributed by atoms with Crippen molar-refractivity contribution in [2.75, 3.05) is 13.1 Å². The van der Waals surface area contributed by atoms with Gasteiger partial charge in [-0.15, -0.1) is 0 Å². The van der Waals surface area contributed by atoms with Gasteiger partial charge in [-0.1, -0.05) is 19.1 Å². The number of fused-ring (bicyclic) bond motifs is 2. The fourth-order valence-electron chi connectivity index (χ4n) is 3.94. The van der Waals surface area contributed by atoms with Crippen LogP contribution in [0.2, 0.25) is 0 Å². The molecule has 3 atom stereocenters. The first-order chi connectivity index (χ1) is 11.2. The summed E-state index contributed by atoms with van der Waals surface area (Å²) >= 11 is 0. The minimum atomic E-state index is 0.0357. The topological polar surface area (TPSA) is 50.2 Å². The van der Waals surface area contributed by atoms with Crippen LogP contribution in [0, 0.1) is 17.8 Å². The van der Waals surface area contributed by atoms with Crippen LogP contribution in [0.15, 0.2) is 24.5 Å². The minimum absolute atomic E-state index is 0.0357. The normalized spacial score (nSPS) is 25.0. The van der Waals surface area contributed by atoms with Gasteiger partial charge in [0.2, 0.25) is 0 Å². The van der Waals surface area contributed by atoms with Gasteiger partial charge in [0.25, 0.3) is 0 Å². The second-order valence-corrected chi connectivity index (χ2v) is 6.94. The summed E-state index contributed by atoms with van der Waals surface area (Å²) in [4.78, 5) is 18.7. The maximum absolute atomic E-state index is 12.5. The van der Waals surface area contributed by atoms with Crippen molar-refractivity contribution in [3.05, 3.63) is 30.4 Å². The Hall–Kier alpha value is -1.78. The fourth-order valence-corrected chi connectivity index (χ4v) is 3.94. The van der Waals surface area contributed by atoms with Crippen molar-refractivity contribution in [1.29, 1.82) is 0 Å². The van der Waals surface area contributed by atoms with E-state index in [1.54, 1.807) is 6.20 Å². The largest absolute Gasteiger partial charge is 0.338 e. The molecule has 126 valence electrons. The first-order valence-corrected chi connectivity index (χ1v) is 8.84. The minimum Gasteiger partial charge on any atom is -0.338 e. The number of nitrogens with zero attached hydrogens (tertiary/aromatic N) is 3. The number of amides is 2. The summed E-state index contributed by atoms with van der Waals surface area (Å²) in [5, 5.41) is 3.11. The highest BCUT2D eigenvalue weighted by Crippen LogP contribution is 2.44. The summed E-state index contributed by atoms with van der Waals surface area (Å²) in [6.45, 7) is 4.21. The molecule has 0 aliphatic heterocycles. The maximum Gasteiger partial charge on any atom is 0.317 e. The molecule has 5 heteroatoms. The molecule has 1 heterocycles. The second kappa shape index (κ2) is 7.20. The van der Waals surface area contributed by atoms with Crippen LogP contribution in [0.25, 0.3) is 0 Å². The molecule has 2 aliphatic rings. The number of nitrogens with one attached hydrogen (secondary N) is 1. The Morgan fingerprint density at radius 3 is 2.91 bits per heavy atom. The molecular weight excluding hydrogens is 288 g/mol. The van der Waals surface area contributed by atoms with Crippen molar-refractivity contribution in [2.45, 2.75) is 39.2 Å². The third-order valence-electron chi connectivity index (χ3n) is 5.24. The van der Waals surface area contributed by atoms with Crippen molar-refractivity contribution in [1.82, 2.24) is 19.8 Å². The van der Waals surface area contributed by atoms with Gasteiger partial charge in [-0.25, -0.2) is 9.78 Å². The zero-order valence-corrected chi connectivity index (χ0v) is 14.2. The Kier molecular flexibility index (Phi) is 5.03. The van der Waals surface area contributed by atoms with Crippen LogP contribution in [-0.4, -0.2) is 33.6 Å². The lowest BCUT2D eigenvalue weighted by molar-refractivity contribution is 0.192. The van der Waals surface area contributed by atoms with Gasteiger partial charge < -0.3 is 14.8 Å². The lowest BCUT2D eigenvalue weighted by atomic mass is 9.91. The van der Waals surface area contributed by atoms with E-state index in [1.807, 2.05) is 22.7 Å². The highest BCUT2D eigenvalue weighted by molar-refractivity contribution is 5.74. The van der Waals surface area contributed by atoms with Gasteiger partial charge >= 0.3 is 6.03 Å². The number of aryl methyl sites for hydroxylation is 1. The summed E-state index contributed by atoms with van der Waals surface area (Å²) in [6.07, 6.45) is 13.1. The molecule has 0 saturated heterocycles. The number of carbonyl (C=O) groups is 1. The number of carbonyl (C=O) groups excluding carboxylic acids is 1. The molecule has 3 rings (SSSR count). The molecule has 1 aromatic rings. The molecule has 2 amide bonds. The standard InChI is InChI=1S/C18H28N4O/c1-3-9-22(13-17-19-8-10-21(17)2)18(23)20-7-6-16-12-14-4-5-15(16)11-14/h4-5,8,10,14-16H,3,6-7,9,11-13H2,1-2H3,(H,20,23)/t14-,15+,16-/m1/s1. The lowest BCUT2D eigenvalue weighted by Gasteiger charge is -2.23. The van der Waals surface area contributed by atoms with Crippen molar-refractivity contribution in [3.8, 4) is 0 Å². The Bertz CT molecular complexity index is 565. The van der Waals surface area contributed by atoms with Crippen LogP contribution in [0.4, 0.5) is 4.79 Å². The number of allylic oxidation sites excluding steroid dienone is 2. The van der Waals surface area contributed by atoms with Crippen LogP contribution in [-0.2, 0) is 13.6 Å². The average molecular weight is 316 g/mol. The van der Waals surface area contributed by atoms with Crippen molar-refractivity contribution >= 4 is 6.03 Å². The molecule has 5 nitrogen and oxygen atoms in total. The van der Waals surface area contributed by atoms with Gasteiger partial charge in [-0.05, 0) is 43.4 Å². The summed E-state index contributed by atoms with van der Waals surface area (Å²) in [7, 11) is 1.97. The molecule has 1 saturated carbocycles. The molecular formula is C18H28N4O. The van der Waals surface area contributed by atoms with E-state index in [0.29, 0.717) is 6.54 Å². The Balaban J connectivity index is 1.46. The zero-order chi connectivity index (χ0) is 16.2. The highest BCUT2D eigenvalue weighted by Gasteiger charge is 2.35. The molecule has 0 aromatic carbocycles. The molecule has 1 N–H and O–H groups in total. The van der Waals surface area contributed by atoms with Crippen molar-refractivity contribution in [2.24, 2.45) is 24.8 Å². The molecule has 2 aliphatic carbocycles. The number of hydrogen-bond donors (Lipinski definition) is 1. The van der Waals surface area contributed by atoms with Gasteiger partial charge in [0.1, 0.15) is 5.82 Å². The summed E-state index contributed by atoms with van der Waals surface area (Å²) < 4.78 is 1.97. The van der Waals surface area contributed by atoms with E-state index in [1.165, 1.54) is 12.8 Å². The van der Waals surface area contributed by atoms with Crippen LogP contribution >= 0.6 is 0 Å². The molecule has 1 fully saturated rings. The van der Waals surface area contributed by atoms with Gasteiger partial charge in [0.05, 0.1) is 6.54 Å². The zero-order valence-electron chi connectivity index (χ0n) is 14.2. The van der Waals surface area contributed by atoms with Crippen molar-refractivity contribution < 1.29 is 4.79 Å². The van der Waals surface area contributed by atoms with Crippen LogP contribution in [0.1, 0.15) is 38.4 Å². The smallest absolute Gasteiger partial charge is 0.317 e. The monoisotopic (exact) mass is 316 g/mol. The predicted molar refractivity (Wildman–Crippen MR) is 90.8 cm³/mol. The molecule has 1 aromatic heterocycles. The van der Waals surface area contributed by atoms with E-state index in [2.05, 4.69) is 29.4 Å². The van der Waals surface area contributed by atoms with E-state index < -0.39 is 0 Å². The van der Waals surface area contributed by atoms with E-state index in [-0.39, 0.29) is 6.03 Å². The molecule has 0 spiro atoms. The predicted octanol–water partition coefficient (Wildman–Crippen LogP) is 2.94. The maximum atomic E-state index is 12.5. The van der Waals surface area contributed by atoms with Crippen molar-refractivity contribution in [3.63, 3.8) is 0 Å². The fraction of sp³-hybridized carbons (Fsp3) is 0.667. The molecule has 0 radical (unpaired) electrons. The SMILES string of the molecule is CCCN(Cc1nccn1C)C(=O)NCC[C@@H]1C[C@@H]2C=C[C@H]1C2. The second-order valence-electron chi connectivity index (χ2n) is 6.94. The van der Waals surface area contributed by atoms with E-state index in [9.17, 15) is 4.79 Å². The Labute approximate surface area is 138 Å². The van der Waals surface area contributed by atoms with Gasteiger partial charge in [0.15, 0.2) is 0 Å². The Morgan fingerprint density at radius 2 is 2.30 bits per heavy atom. The first-order valence-electron chi connectivity index (χ1n) is 8.84.